The van der Waals surface area contributed by atoms with Crippen LogP contribution in [0.4, 0.5) is 0 Å². The molecule has 2 aromatic carbocycles. The lowest BCUT2D eigenvalue weighted by atomic mass is 9.94. The number of benzene rings is 2. The average molecular weight is 496 g/mol. The van der Waals surface area contributed by atoms with E-state index in [0.29, 0.717) is 30.8 Å². The summed E-state index contributed by atoms with van der Waals surface area (Å²) in [6.07, 6.45) is 8.56. The van der Waals surface area contributed by atoms with Crippen LogP contribution >= 0.6 is 0 Å². The quantitative estimate of drug-likeness (QED) is 0.248. The Balaban J connectivity index is 1.65. The third-order valence-electron chi connectivity index (χ3n) is 6.59. The number of nitrogens with zero attached hydrogens (tertiary/aromatic N) is 3. The smallest absolute Gasteiger partial charge is 0.337 e. The van der Waals surface area contributed by atoms with E-state index >= 15 is 0 Å². The van der Waals surface area contributed by atoms with E-state index in [1.54, 1.807) is 36.7 Å². The molecule has 0 aliphatic carbocycles. The SMILES string of the molecule is C/C=C\C(=C/C)C(=O)OCC1CN(C(=O)c2cccnc2)CCN1C(c1ccccc1)c1ccccc1. The molecule has 1 amide bonds. The van der Waals surface area contributed by atoms with Crippen molar-refractivity contribution in [2.75, 3.05) is 26.2 Å². The highest BCUT2D eigenvalue weighted by Crippen LogP contribution is 2.32. The van der Waals surface area contributed by atoms with Crippen LogP contribution in [0.5, 0.6) is 0 Å². The topological polar surface area (TPSA) is 62.7 Å². The van der Waals surface area contributed by atoms with Gasteiger partial charge in [0.2, 0.25) is 0 Å². The molecule has 0 spiro atoms. The fourth-order valence-electron chi connectivity index (χ4n) is 4.78. The fraction of sp³-hybridized carbons (Fsp3) is 0.258. The molecule has 6 heteroatoms. The number of amides is 1. The van der Waals surface area contributed by atoms with Gasteiger partial charge in [0.1, 0.15) is 6.61 Å². The van der Waals surface area contributed by atoms with Crippen LogP contribution in [0.1, 0.15) is 41.4 Å². The average Bonchev–Trinajstić information content (AvgIpc) is 2.96. The zero-order chi connectivity index (χ0) is 26.0. The summed E-state index contributed by atoms with van der Waals surface area (Å²) < 4.78 is 5.82. The van der Waals surface area contributed by atoms with Crippen molar-refractivity contribution in [1.82, 2.24) is 14.8 Å². The van der Waals surface area contributed by atoms with Gasteiger partial charge in [-0.25, -0.2) is 4.79 Å². The van der Waals surface area contributed by atoms with Crippen LogP contribution in [0.25, 0.3) is 0 Å². The Morgan fingerprint density at radius 2 is 1.65 bits per heavy atom. The van der Waals surface area contributed by atoms with Crippen LogP contribution in [0, 0.1) is 0 Å². The summed E-state index contributed by atoms with van der Waals surface area (Å²) in [4.78, 5) is 34.4. The number of ether oxygens (including phenoxy) is 1. The van der Waals surface area contributed by atoms with E-state index in [2.05, 4.69) is 34.1 Å². The normalized spacial score (nSPS) is 16.8. The number of carbonyl (C=O) groups is 2. The minimum absolute atomic E-state index is 0.0431. The van der Waals surface area contributed by atoms with Gasteiger partial charge < -0.3 is 9.64 Å². The molecule has 0 saturated carbocycles. The lowest BCUT2D eigenvalue weighted by molar-refractivity contribution is -0.141. The highest BCUT2D eigenvalue weighted by molar-refractivity contribution is 5.94. The molecular weight excluding hydrogens is 462 g/mol. The Morgan fingerprint density at radius 3 is 2.22 bits per heavy atom. The van der Waals surface area contributed by atoms with Crippen molar-refractivity contribution < 1.29 is 14.3 Å². The van der Waals surface area contributed by atoms with Crippen molar-refractivity contribution >= 4 is 11.9 Å². The summed E-state index contributed by atoms with van der Waals surface area (Å²) >= 11 is 0. The number of allylic oxidation sites excluding steroid dienone is 2. The van der Waals surface area contributed by atoms with Crippen LogP contribution in [-0.4, -0.2) is 58.9 Å². The molecule has 1 atom stereocenters. The van der Waals surface area contributed by atoms with Crippen molar-refractivity contribution in [2.24, 2.45) is 0 Å². The summed E-state index contributed by atoms with van der Waals surface area (Å²) in [5.74, 6) is -0.435. The molecule has 3 aromatic rings. The molecule has 6 nitrogen and oxygen atoms in total. The molecule has 1 aromatic heterocycles. The third-order valence-corrected chi connectivity index (χ3v) is 6.59. The van der Waals surface area contributed by atoms with Gasteiger partial charge in [-0.15, -0.1) is 0 Å². The Labute approximate surface area is 218 Å². The van der Waals surface area contributed by atoms with E-state index in [-0.39, 0.29) is 30.6 Å². The number of esters is 1. The zero-order valence-electron chi connectivity index (χ0n) is 21.4. The van der Waals surface area contributed by atoms with Crippen molar-refractivity contribution in [1.29, 1.82) is 0 Å². The predicted octanol–water partition coefficient (Wildman–Crippen LogP) is 5.06. The van der Waals surface area contributed by atoms with E-state index in [4.69, 9.17) is 4.74 Å². The van der Waals surface area contributed by atoms with Crippen molar-refractivity contribution in [3.05, 3.63) is 126 Å². The molecule has 2 heterocycles. The Morgan fingerprint density at radius 1 is 0.973 bits per heavy atom. The molecule has 1 aliphatic rings. The molecule has 0 radical (unpaired) electrons. The second-order valence-electron chi connectivity index (χ2n) is 8.95. The Bertz CT molecular complexity index is 1190. The maximum absolute atomic E-state index is 13.3. The Kier molecular flexibility index (Phi) is 9.00. The molecule has 37 heavy (non-hydrogen) atoms. The second kappa shape index (κ2) is 12.8. The molecule has 1 aliphatic heterocycles. The number of aromatic nitrogens is 1. The van der Waals surface area contributed by atoms with Gasteiger partial charge in [0.05, 0.1) is 23.2 Å². The van der Waals surface area contributed by atoms with E-state index in [1.807, 2.05) is 61.2 Å². The van der Waals surface area contributed by atoms with Crippen LogP contribution in [0.3, 0.4) is 0 Å². The highest BCUT2D eigenvalue weighted by Gasteiger charge is 2.36. The summed E-state index contributed by atoms with van der Waals surface area (Å²) in [5.41, 5.74) is 3.37. The number of rotatable bonds is 8. The minimum Gasteiger partial charge on any atom is -0.460 e. The largest absolute Gasteiger partial charge is 0.460 e. The first-order valence-corrected chi connectivity index (χ1v) is 12.6. The molecule has 1 fully saturated rings. The van der Waals surface area contributed by atoms with E-state index in [1.165, 1.54) is 0 Å². The number of hydrogen-bond acceptors (Lipinski definition) is 5. The van der Waals surface area contributed by atoms with Crippen LogP contribution in [0.15, 0.2) is 109 Å². The van der Waals surface area contributed by atoms with Crippen LogP contribution in [0.2, 0.25) is 0 Å². The van der Waals surface area contributed by atoms with Crippen LogP contribution in [-0.2, 0) is 9.53 Å². The maximum Gasteiger partial charge on any atom is 0.337 e. The summed E-state index contributed by atoms with van der Waals surface area (Å²) in [6, 6.07) is 24.0. The lowest BCUT2D eigenvalue weighted by Crippen LogP contribution is -2.57. The molecule has 4 rings (SSSR count). The number of piperazine rings is 1. The van der Waals surface area contributed by atoms with E-state index in [9.17, 15) is 9.59 Å². The van der Waals surface area contributed by atoms with Gasteiger partial charge in [-0.1, -0.05) is 78.9 Å². The van der Waals surface area contributed by atoms with Crippen LogP contribution < -0.4 is 0 Å². The Hall–Kier alpha value is -4.03. The van der Waals surface area contributed by atoms with Crippen molar-refractivity contribution in [3.8, 4) is 0 Å². The molecule has 190 valence electrons. The third kappa shape index (κ3) is 6.40. The monoisotopic (exact) mass is 495 g/mol. The van der Waals surface area contributed by atoms with E-state index < -0.39 is 0 Å². The van der Waals surface area contributed by atoms with Crippen molar-refractivity contribution in [2.45, 2.75) is 25.9 Å². The second-order valence-corrected chi connectivity index (χ2v) is 8.95. The fourth-order valence-corrected chi connectivity index (χ4v) is 4.78. The molecule has 0 bridgehead atoms. The van der Waals surface area contributed by atoms with Gasteiger partial charge in [0.15, 0.2) is 0 Å². The predicted molar refractivity (Wildman–Crippen MR) is 145 cm³/mol. The summed E-state index contributed by atoms with van der Waals surface area (Å²) in [6.45, 7) is 5.48. The van der Waals surface area contributed by atoms with E-state index in [0.717, 1.165) is 11.1 Å². The molecule has 1 saturated heterocycles. The first-order valence-electron chi connectivity index (χ1n) is 12.6. The summed E-state index contributed by atoms with van der Waals surface area (Å²) in [5, 5.41) is 0. The standard InChI is InChI=1S/C31H33N3O3/c1-3-12-24(4-2)31(36)37-23-28-22-33(30(35)27-17-11-18-32-21-27)19-20-34(28)29(25-13-7-5-8-14-25)26-15-9-6-10-16-26/h3-18,21,28-29H,19-20,22-23H2,1-2H3/b12-3-,24-4+. The van der Waals surface area contributed by atoms with Gasteiger partial charge >= 0.3 is 5.97 Å². The number of carbonyl (C=O) groups excluding carboxylic acids is 2. The minimum atomic E-state index is -0.368. The first-order chi connectivity index (χ1) is 18.1. The first kappa shape index (κ1) is 26.0. The number of hydrogen-bond donors (Lipinski definition) is 0. The van der Waals surface area contributed by atoms with Gasteiger partial charge in [-0.2, -0.15) is 0 Å². The van der Waals surface area contributed by atoms with Crippen molar-refractivity contribution in [3.63, 3.8) is 0 Å². The summed E-state index contributed by atoms with van der Waals surface area (Å²) in [7, 11) is 0. The van der Waals surface area contributed by atoms with Gasteiger partial charge in [-0.05, 0) is 37.1 Å². The zero-order valence-corrected chi connectivity index (χ0v) is 21.4. The molecular formula is C31H33N3O3. The molecule has 1 unspecified atom stereocenters. The van der Waals surface area contributed by atoms with Gasteiger partial charge in [0, 0.05) is 32.0 Å². The highest BCUT2D eigenvalue weighted by atomic mass is 16.5. The number of pyridine rings is 1. The van der Waals surface area contributed by atoms with Gasteiger partial charge in [0.25, 0.3) is 5.91 Å². The van der Waals surface area contributed by atoms with Gasteiger partial charge in [-0.3, -0.25) is 14.7 Å². The molecule has 0 N–H and O–H groups in total. The lowest BCUT2D eigenvalue weighted by Gasteiger charge is -2.45. The maximum atomic E-state index is 13.3.